The molecule has 5 heteroatoms. The summed E-state index contributed by atoms with van der Waals surface area (Å²) in [5.41, 5.74) is 1.31. The van der Waals surface area contributed by atoms with Crippen LogP contribution in [-0.2, 0) is 11.3 Å². The van der Waals surface area contributed by atoms with Crippen LogP contribution in [0.25, 0.3) is 0 Å². The summed E-state index contributed by atoms with van der Waals surface area (Å²) in [6, 6.07) is 17.7. The Bertz CT molecular complexity index is 713. The van der Waals surface area contributed by atoms with Gasteiger partial charge in [0.25, 0.3) is 5.91 Å². The van der Waals surface area contributed by atoms with E-state index < -0.39 is 6.10 Å². The number of carbonyl (C=O) groups excluding carboxylic acids is 1. The van der Waals surface area contributed by atoms with E-state index in [0.29, 0.717) is 17.2 Å². The van der Waals surface area contributed by atoms with Gasteiger partial charge >= 0.3 is 0 Å². The predicted octanol–water partition coefficient (Wildman–Crippen LogP) is 4.23. The Kier molecular flexibility index (Phi) is 7.13. The third-order valence-electron chi connectivity index (χ3n) is 4.85. The van der Waals surface area contributed by atoms with Gasteiger partial charge in [-0.05, 0) is 36.2 Å². The van der Waals surface area contributed by atoms with Gasteiger partial charge in [0.05, 0.1) is 0 Å². The Morgan fingerprint density at radius 2 is 1.70 bits per heavy atom. The number of benzene rings is 2. The SMILES string of the molecule is CCCC(Oc1ccc(Cl)cc1)C(=O)N1CCN(Cc2ccccc2)CC1. The average Bonchev–Trinajstić information content (AvgIpc) is 2.70. The first-order valence-electron chi connectivity index (χ1n) is 9.63. The van der Waals surface area contributed by atoms with E-state index in [1.165, 1.54) is 5.56 Å². The predicted molar refractivity (Wildman–Crippen MR) is 109 cm³/mol. The molecule has 1 amide bonds. The number of rotatable bonds is 7. The first-order valence-corrected chi connectivity index (χ1v) is 10.0. The van der Waals surface area contributed by atoms with Crippen LogP contribution in [0.4, 0.5) is 0 Å². The Hall–Kier alpha value is -2.04. The van der Waals surface area contributed by atoms with E-state index in [1.54, 1.807) is 12.1 Å². The minimum atomic E-state index is -0.433. The number of piperazine rings is 1. The second kappa shape index (κ2) is 9.77. The Morgan fingerprint density at radius 3 is 2.33 bits per heavy atom. The molecular formula is C22H27ClN2O2. The second-order valence-corrected chi connectivity index (χ2v) is 7.37. The quantitative estimate of drug-likeness (QED) is 0.713. The number of hydrogen-bond donors (Lipinski definition) is 0. The van der Waals surface area contributed by atoms with Gasteiger partial charge in [-0.1, -0.05) is 55.3 Å². The largest absolute Gasteiger partial charge is 0.481 e. The van der Waals surface area contributed by atoms with Gasteiger partial charge in [0.1, 0.15) is 5.75 Å². The van der Waals surface area contributed by atoms with Crippen molar-refractivity contribution < 1.29 is 9.53 Å². The molecule has 27 heavy (non-hydrogen) atoms. The van der Waals surface area contributed by atoms with E-state index >= 15 is 0 Å². The van der Waals surface area contributed by atoms with E-state index in [2.05, 4.69) is 36.1 Å². The molecule has 1 saturated heterocycles. The van der Waals surface area contributed by atoms with Crippen molar-refractivity contribution in [2.75, 3.05) is 26.2 Å². The van der Waals surface area contributed by atoms with E-state index in [-0.39, 0.29) is 5.91 Å². The number of amides is 1. The standard InChI is InChI=1S/C22H27ClN2O2/c1-2-6-21(27-20-11-9-19(23)10-12-20)22(26)25-15-13-24(14-16-25)17-18-7-4-3-5-8-18/h3-5,7-12,21H,2,6,13-17H2,1H3. The zero-order valence-electron chi connectivity index (χ0n) is 15.8. The normalized spacial score (nSPS) is 16.1. The first-order chi connectivity index (χ1) is 13.2. The molecular weight excluding hydrogens is 360 g/mol. The third-order valence-corrected chi connectivity index (χ3v) is 5.10. The number of ether oxygens (including phenoxy) is 1. The van der Waals surface area contributed by atoms with Gasteiger partial charge in [-0.2, -0.15) is 0 Å². The fraction of sp³-hybridized carbons (Fsp3) is 0.409. The van der Waals surface area contributed by atoms with Crippen molar-refractivity contribution in [2.45, 2.75) is 32.4 Å². The van der Waals surface area contributed by atoms with E-state index in [1.807, 2.05) is 23.1 Å². The van der Waals surface area contributed by atoms with Crippen LogP contribution in [-0.4, -0.2) is 48.0 Å². The molecule has 1 unspecified atom stereocenters. The van der Waals surface area contributed by atoms with Gasteiger partial charge in [0.2, 0.25) is 0 Å². The van der Waals surface area contributed by atoms with Gasteiger partial charge in [0, 0.05) is 37.7 Å². The fourth-order valence-electron chi connectivity index (χ4n) is 3.34. The lowest BCUT2D eigenvalue weighted by atomic mass is 10.1. The number of hydrogen-bond acceptors (Lipinski definition) is 3. The van der Waals surface area contributed by atoms with Gasteiger partial charge < -0.3 is 9.64 Å². The van der Waals surface area contributed by atoms with E-state index in [4.69, 9.17) is 16.3 Å². The van der Waals surface area contributed by atoms with Crippen molar-refractivity contribution in [3.8, 4) is 5.75 Å². The fourth-order valence-corrected chi connectivity index (χ4v) is 3.47. The minimum absolute atomic E-state index is 0.0890. The van der Waals surface area contributed by atoms with Crippen molar-refractivity contribution in [1.29, 1.82) is 0 Å². The van der Waals surface area contributed by atoms with Crippen LogP contribution >= 0.6 is 11.6 Å². The van der Waals surface area contributed by atoms with Gasteiger partial charge in [-0.25, -0.2) is 0 Å². The smallest absolute Gasteiger partial charge is 0.263 e. The molecule has 0 saturated carbocycles. The van der Waals surface area contributed by atoms with Gasteiger partial charge in [-0.3, -0.25) is 9.69 Å². The highest BCUT2D eigenvalue weighted by molar-refractivity contribution is 6.30. The summed E-state index contributed by atoms with van der Waals surface area (Å²) in [5, 5.41) is 0.662. The maximum Gasteiger partial charge on any atom is 0.263 e. The molecule has 1 heterocycles. The molecule has 0 aliphatic carbocycles. The lowest BCUT2D eigenvalue weighted by molar-refractivity contribution is -0.140. The molecule has 1 fully saturated rings. The summed E-state index contributed by atoms with van der Waals surface area (Å²) < 4.78 is 5.98. The van der Waals surface area contributed by atoms with Crippen molar-refractivity contribution in [3.63, 3.8) is 0 Å². The number of halogens is 1. The Balaban J connectivity index is 1.54. The summed E-state index contributed by atoms with van der Waals surface area (Å²) >= 11 is 5.93. The van der Waals surface area contributed by atoms with Crippen molar-refractivity contribution in [3.05, 3.63) is 65.2 Å². The lowest BCUT2D eigenvalue weighted by Gasteiger charge is -2.36. The third kappa shape index (κ3) is 5.72. The molecule has 1 atom stereocenters. The maximum absolute atomic E-state index is 13.0. The summed E-state index contributed by atoms with van der Waals surface area (Å²) in [4.78, 5) is 17.3. The molecule has 1 aliphatic heterocycles. The number of nitrogens with zero attached hydrogens (tertiary/aromatic N) is 2. The molecule has 0 bridgehead atoms. The summed E-state index contributed by atoms with van der Waals surface area (Å²) in [6.07, 6.45) is 1.18. The van der Waals surface area contributed by atoms with Crippen LogP contribution in [0, 0.1) is 0 Å². The van der Waals surface area contributed by atoms with Crippen molar-refractivity contribution in [2.24, 2.45) is 0 Å². The van der Waals surface area contributed by atoms with Crippen LogP contribution in [0.5, 0.6) is 5.75 Å². The minimum Gasteiger partial charge on any atom is -0.481 e. The van der Waals surface area contributed by atoms with Crippen molar-refractivity contribution in [1.82, 2.24) is 9.80 Å². The molecule has 1 aliphatic rings. The molecule has 0 spiro atoms. The van der Waals surface area contributed by atoms with Gasteiger partial charge in [0.15, 0.2) is 6.10 Å². The monoisotopic (exact) mass is 386 g/mol. The molecule has 4 nitrogen and oxygen atoms in total. The molecule has 2 aromatic carbocycles. The molecule has 144 valence electrons. The van der Waals surface area contributed by atoms with Crippen LogP contribution in [0.3, 0.4) is 0 Å². The Morgan fingerprint density at radius 1 is 1.04 bits per heavy atom. The summed E-state index contributed by atoms with van der Waals surface area (Å²) in [6.45, 7) is 6.28. The average molecular weight is 387 g/mol. The van der Waals surface area contributed by atoms with Crippen LogP contribution < -0.4 is 4.74 Å². The van der Waals surface area contributed by atoms with Crippen LogP contribution in [0.15, 0.2) is 54.6 Å². The Labute approximate surface area is 166 Å². The highest BCUT2D eigenvalue weighted by atomic mass is 35.5. The first kappa shape index (κ1) is 19.7. The number of carbonyl (C=O) groups is 1. The summed E-state index contributed by atoms with van der Waals surface area (Å²) in [7, 11) is 0. The van der Waals surface area contributed by atoms with Gasteiger partial charge in [-0.15, -0.1) is 0 Å². The van der Waals surface area contributed by atoms with E-state index in [9.17, 15) is 4.79 Å². The van der Waals surface area contributed by atoms with Crippen LogP contribution in [0.1, 0.15) is 25.3 Å². The molecule has 0 N–H and O–H groups in total. The zero-order chi connectivity index (χ0) is 19.1. The highest BCUT2D eigenvalue weighted by Crippen LogP contribution is 2.20. The highest BCUT2D eigenvalue weighted by Gasteiger charge is 2.28. The molecule has 2 aromatic rings. The van der Waals surface area contributed by atoms with Crippen LogP contribution in [0.2, 0.25) is 5.02 Å². The molecule has 0 radical (unpaired) electrons. The van der Waals surface area contributed by atoms with E-state index in [0.717, 1.165) is 39.1 Å². The van der Waals surface area contributed by atoms with Crippen molar-refractivity contribution >= 4 is 17.5 Å². The topological polar surface area (TPSA) is 32.8 Å². The molecule has 3 rings (SSSR count). The molecule has 0 aromatic heterocycles. The lowest BCUT2D eigenvalue weighted by Crippen LogP contribution is -2.52. The summed E-state index contributed by atoms with van der Waals surface area (Å²) in [5.74, 6) is 0.778. The maximum atomic E-state index is 13.0. The second-order valence-electron chi connectivity index (χ2n) is 6.94. The zero-order valence-corrected chi connectivity index (χ0v) is 16.6.